The van der Waals surface area contributed by atoms with E-state index in [1.54, 1.807) is 12.4 Å². The Labute approximate surface area is 141 Å². The lowest BCUT2D eigenvalue weighted by molar-refractivity contribution is -0.123. The van der Waals surface area contributed by atoms with Gasteiger partial charge in [0.2, 0.25) is 0 Å². The summed E-state index contributed by atoms with van der Waals surface area (Å²) in [5, 5.41) is 3.03. The largest absolute Gasteiger partial charge is 0.484 e. The second-order valence-electron chi connectivity index (χ2n) is 5.29. The van der Waals surface area contributed by atoms with Crippen molar-refractivity contribution in [2.45, 2.75) is 6.04 Å². The predicted octanol–water partition coefficient (Wildman–Crippen LogP) is 3.37. The maximum absolute atomic E-state index is 12.3. The third-order valence-electron chi connectivity index (χ3n) is 3.59. The summed E-state index contributed by atoms with van der Waals surface area (Å²) in [5.74, 6) is 0.498. The third-order valence-corrected chi connectivity index (χ3v) is 3.59. The van der Waals surface area contributed by atoms with E-state index in [4.69, 9.17) is 4.74 Å². The van der Waals surface area contributed by atoms with Gasteiger partial charge >= 0.3 is 0 Å². The highest BCUT2D eigenvalue weighted by Gasteiger charge is 2.16. The Balaban J connectivity index is 1.71. The Morgan fingerprint density at radius 2 is 1.46 bits per heavy atom. The van der Waals surface area contributed by atoms with Crippen LogP contribution in [0, 0.1) is 0 Å². The number of ether oxygens (including phenoxy) is 1. The Kier molecular flexibility index (Phi) is 5.20. The van der Waals surface area contributed by atoms with Gasteiger partial charge in [0.1, 0.15) is 5.75 Å². The molecule has 4 nitrogen and oxygen atoms in total. The van der Waals surface area contributed by atoms with Gasteiger partial charge in [0.05, 0.1) is 6.04 Å². The Hall–Kier alpha value is -3.14. The molecule has 120 valence electrons. The van der Waals surface area contributed by atoms with Crippen molar-refractivity contribution < 1.29 is 9.53 Å². The minimum atomic E-state index is -0.235. The van der Waals surface area contributed by atoms with E-state index in [9.17, 15) is 4.79 Å². The quantitative estimate of drug-likeness (QED) is 0.758. The fraction of sp³-hybridized carbons (Fsp3) is 0.100. The van der Waals surface area contributed by atoms with Crippen LogP contribution in [0.4, 0.5) is 0 Å². The van der Waals surface area contributed by atoms with Crippen LogP contribution in [0.15, 0.2) is 85.2 Å². The summed E-state index contributed by atoms with van der Waals surface area (Å²) < 4.78 is 5.52. The van der Waals surface area contributed by atoms with Crippen LogP contribution >= 0.6 is 0 Å². The summed E-state index contributed by atoms with van der Waals surface area (Å²) in [7, 11) is 0. The first kappa shape index (κ1) is 15.7. The van der Waals surface area contributed by atoms with Crippen molar-refractivity contribution in [2.24, 2.45) is 0 Å². The number of carbonyl (C=O) groups excluding carboxylic acids is 1. The normalized spacial score (nSPS) is 11.5. The van der Waals surface area contributed by atoms with Crippen molar-refractivity contribution in [3.8, 4) is 5.75 Å². The highest BCUT2D eigenvalue weighted by atomic mass is 16.5. The van der Waals surface area contributed by atoms with Gasteiger partial charge in [-0.1, -0.05) is 48.5 Å². The average Bonchev–Trinajstić information content (AvgIpc) is 2.67. The van der Waals surface area contributed by atoms with E-state index >= 15 is 0 Å². The van der Waals surface area contributed by atoms with Crippen molar-refractivity contribution >= 4 is 5.91 Å². The molecule has 0 spiro atoms. The van der Waals surface area contributed by atoms with E-state index < -0.39 is 0 Å². The molecule has 4 heteroatoms. The molecule has 1 N–H and O–H groups in total. The summed E-state index contributed by atoms with van der Waals surface area (Å²) in [5.41, 5.74) is 1.99. The molecule has 1 unspecified atom stereocenters. The van der Waals surface area contributed by atoms with E-state index in [1.807, 2.05) is 72.8 Å². The SMILES string of the molecule is O=C(COc1ccccc1)NC(c1ccccc1)c1ccncc1. The van der Waals surface area contributed by atoms with Crippen LogP contribution in [-0.2, 0) is 4.79 Å². The van der Waals surface area contributed by atoms with Gasteiger partial charge in [-0.2, -0.15) is 0 Å². The van der Waals surface area contributed by atoms with Crippen LogP contribution < -0.4 is 10.1 Å². The highest BCUT2D eigenvalue weighted by Crippen LogP contribution is 2.21. The van der Waals surface area contributed by atoms with Gasteiger partial charge in [-0.25, -0.2) is 0 Å². The summed E-state index contributed by atoms with van der Waals surface area (Å²) >= 11 is 0. The van der Waals surface area contributed by atoms with Gasteiger partial charge in [-0.15, -0.1) is 0 Å². The summed E-state index contributed by atoms with van der Waals surface area (Å²) in [6.07, 6.45) is 3.44. The molecule has 0 radical (unpaired) electrons. The van der Waals surface area contributed by atoms with Crippen LogP contribution in [-0.4, -0.2) is 17.5 Å². The highest BCUT2D eigenvalue weighted by molar-refractivity contribution is 5.78. The number of para-hydroxylation sites is 1. The maximum atomic E-state index is 12.3. The molecule has 2 aromatic carbocycles. The number of pyridine rings is 1. The summed E-state index contributed by atoms with van der Waals surface area (Å²) in [6.45, 7) is -0.0293. The molecule has 0 saturated carbocycles. The average molecular weight is 318 g/mol. The number of benzene rings is 2. The zero-order valence-corrected chi connectivity index (χ0v) is 13.1. The van der Waals surface area contributed by atoms with Gasteiger partial charge in [-0.05, 0) is 35.4 Å². The maximum Gasteiger partial charge on any atom is 0.258 e. The molecule has 1 atom stereocenters. The molecule has 0 aliphatic rings. The van der Waals surface area contributed by atoms with Crippen molar-refractivity contribution in [2.75, 3.05) is 6.61 Å². The minimum absolute atomic E-state index is 0.0293. The van der Waals surface area contributed by atoms with Crippen molar-refractivity contribution in [1.29, 1.82) is 0 Å². The molecular formula is C20H18N2O2. The smallest absolute Gasteiger partial charge is 0.258 e. The number of nitrogens with one attached hydrogen (secondary N) is 1. The molecule has 0 saturated heterocycles. The molecule has 24 heavy (non-hydrogen) atoms. The first-order valence-corrected chi connectivity index (χ1v) is 7.75. The number of nitrogens with zero attached hydrogens (tertiary/aromatic N) is 1. The molecule has 0 aliphatic heterocycles. The molecule has 0 bridgehead atoms. The van der Waals surface area contributed by atoms with Gasteiger partial charge in [0.25, 0.3) is 5.91 Å². The fourth-order valence-corrected chi connectivity index (χ4v) is 2.43. The topological polar surface area (TPSA) is 51.2 Å². The predicted molar refractivity (Wildman–Crippen MR) is 92.6 cm³/mol. The number of hydrogen-bond donors (Lipinski definition) is 1. The van der Waals surface area contributed by atoms with Gasteiger partial charge < -0.3 is 10.1 Å². The lowest BCUT2D eigenvalue weighted by atomic mass is 10.00. The van der Waals surface area contributed by atoms with E-state index in [-0.39, 0.29) is 18.6 Å². The molecule has 1 aromatic heterocycles. The zero-order chi connectivity index (χ0) is 16.6. The van der Waals surface area contributed by atoms with E-state index in [0.29, 0.717) is 5.75 Å². The Morgan fingerprint density at radius 3 is 2.12 bits per heavy atom. The van der Waals surface area contributed by atoms with Crippen LogP contribution in [0.1, 0.15) is 17.2 Å². The minimum Gasteiger partial charge on any atom is -0.484 e. The number of amides is 1. The van der Waals surface area contributed by atoms with Crippen LogP contribution in [0.25, 0.3) is 0 Å². The third kappa shape index (κ3) is 4.20. The fourth-order valence-electron chi connectivity index (χ4n) is 2.43. The first-order valence-electron chi connectivity index (χ1n) is 7.75. The number of hydrogen-bond acceptors (Lipinski definition) is 3. The van der Waals surface area contributed by atoms with Gasteiger partial charge in [0.15, 0.2) is 6.61 Å². The molecule has 1 amide bonds. The van der Waals surface area contributed by atoms with Crippen LogP contribution in [0.2, 0.25) is 0 Å². The second-order valence-corrected chi connectivity index (χ2v) is 5.29. The van der Waals surface area contributed by atoms with Crippen molar-refractivity contribution in [3.05, 3.63) is 96.3 Å². The molecule has 0 fully saturated rings. The van der Waals surface area contributed by atoms with Crippen molar-refractivity contribution in [1.82, 2.24) is 10.3 Å². The first-order chi connectivity index (χ1) is 11.8. The summed E-state index contributed by atoms with van der Waals surface area (Å²) in [6, 6.07) is 22.7. The molecule has 0 aliphatic carbocycles. The Bertz CT molecular complexity index is 722. The molecule has 3 rings (SSSR count). The Morgan fingerprint density at radius 1 is 0.875 bits per heavy atom. The van der Waals surface area contributed by atoms with Crippen LogP contribution in [0.5, 0.6) is 5.75 Å². The van der Waals surface area contributed by atoms with E-state index in [2.05, 4.69) is 10.3 Å². The lowest BCUT2D eigenvalue weighted by Crippen LogP contribution is -2.33. The lowest BCUT2D eigenvalue weighted by Gasteiger charge is -2.19. The van der Waals surface area contributed by atoms with E-state index in [1.165, 1.54) is 0 Å². The standard InChI is InChI=1S/C20H18N2O2/c23-19(15-24-18-9-5-2-6-10-18)22-20(16-7-3-1-4-8-16)17-11-13-21-14-12-17/h1-14,20H,15H2,(H,22,23). The van der Waals surface area contributed by atoms with Gasteiger partial charge in [0, 0.05) is 12.4 Å². The number of rotatable bonds is 6. The number of carbonyl (C=O) groups is 1. The second kappa shape index (κ2) is 7.92. The number of aromatic nitrogens is 1. The monoisotopic (exact) mass is 318 g/mol. The van der Waals surface area contributed by atoms with E-state index in [0.717, 1.165) is 11.1 Å². The summed E-state index contributed by atoms with van der Waals surface area (Å²) in [4.78, 5) is 16.4. The van der Waals surface area contributed by atoms with Crippen LogP contribution in [0.3, 0.4) is 0 Å². The molecule has 1 heterocycles. The molecular weight excluding hydrogens is 300 g/mol. The van der Waals surface area contributed by atoms with Gasteiger partial charge in [-0.3, -0.25) is 9.78 Å². The molecule has 3 aromatic rings. The zero-order valence-electron chi connectivity index (χ0n) is 13.1. The van der Waals surface area contributed by atoms with Crippen molar-refractivity contribution in [3.63, 3.8) is 0 Å².